The highest BCUT2D eigenvalue weighted by molar-refractivity contribution is 5.58. The molecule has 0 aromatic heterocycles. The summed E-state index contributed by atoms with van der Waals surface area (Å²) in [6, 6.07) is -0.253. The van der Waals surface area contributed by atoms with E-state index >= 15 is 0 Å². The Hall–Kier alpha value is -1.76. The van der Waals surface area contributed by atoms with E-state index in [1.54, 1.807) is 0 Å². The van der Waals surface area contributed by atoms with E-state index in [1.807, 2.05) is 0 Å². The molecule has 0 aliphatic rings. The van der Waals surface area contributed by atoms with Gasteiger partial charge in [0.25, 0.3) is 0 Å². The average Bonchev–Trinajstić information content (AvgIpc) is 2.45. The SMILES string of the molecule is [2H]c1cc(Nc2cc([2H])c([2H])c([2H])c2[2H])c([2H])c([2H])c1[2H]. The van der Waals surface area contributed by atoms with Gasteiger partial charge in [-0.1, -0.05) is 36.3 Å². The highest BCUT2D eigenvalue weighted by Crippen LogP contribution is 2.14. The summed E-state index contributed by atoms with van der Waals surface area (Å²) in [5, 5.41) is 2.64. The Labute approximate surface area is 89.3 Å². The molecular formula is C12H11N. The Morgan fingerprint density at radius 1 is 0.769 bits per heavy atom. The number of benzene rings is 2. The lowest BCUT2D eigenvalue weighted by Crippen LogP contribution is -1.87. The fourth-order valence-corrected chi connectivity index (χ4v) is 0.838. The van der Waals surface area contributed by atoms with Gasteiger partial charge in [0.1, 0.15) is 0 Å². The molecule has 0 heterocycles. The molecule has 1 nitrogen and oxygen atoms in total. The summed E-state index contributed by atoms with van der Waals surface area (Å²) in [6.45, 7) is 0. The van der Waals surface area contributed by atoms with Crippen LogP contribution in [0, 0.1) is 0 Å². The number of para-hydroxylation sites is 2. The van der Waals surface area contributed by atoms with Crippen molar-refractivity contribution in [3.8, 4) is 0 Å². The van der Waals surface area contributed by atoms with Crippen LogP contribution in [0.25, 0.3) is 0 Å². The van der Waals surface area contributed by atoms with Crippen molar-refractivity contribution in [3.05, 3.63) is 60.5 Å². The van der Waals surface area contributed by atoms with E-state index in [0.29, 0.717) is 0 Å². The van der Waals surface area contributed by atoms with Gasteiger partial charge >= 0.3 is 0 Å². The van der Waals surface area contributed by atoms with E-state index in [0.717, 1.165) is 0 Å². The zero-order valence-electron chi connectivity index (χ0n) is 14.7. The van der Waals surface area contributed by atoms with Crippen LogP contribution in [0.2, 0.25) is 0 Å². The second-order valence-corrected chi connectivity index (χ2v) is 2.28. The summed E-state index contributed by atoms with van der Waals surface area (Å²) in [4.78, 5) is 0. The van der Waals surface area contributed by atoms with Crippen LogP contribution in [0.15, 0.2) is 60.5 Å². The van der Waals surface area contributed by atoms with Crippen molar-refractivity contribution in [2.75, 3.05) is 5.32 Å². The molecule has 0 spiro atoms. The summed E-state index contributed by atoms with van der Waals surface area (Å²) < 4.78 is 60.7. The first-order chi connectivity index (χ1) is 9.73. The van der Waals surface area contributed by atoms with Gasteiger partial charge in [0, 0.05) is 11.4 Å². The Morgan fingerprint density at radius 3 is 1.85 bits per heavy atom. The molecule has 0 atom stereocenters. The van der Waals surface area contributed by atoms with Crippen molar-refractivity contribution in [2.45, 2.75) is 0 Å². The van der Waals surface area contributed by atoms with Gasteiger partial charge in [-0.05, 0) is 24.2 Å². The van der Waals surface area contributed by atoms with E-state index in [9.17, 15) is 0 Å². The van der Waals surface area contributed by atoms with E-state index in [4.69, 9.17) is 11.0 Å². The topological polar surface area (TPSA) is 12.0 Å². The fraction of sp³-hybridized carbons (Fsp3) is 0. The molecule has 2 rings (SSSR count). The average molecular weight is 177 g/mol. The first-order valence-corrected chi connectivity index (χ1v) is 3.65. The van der Waals surface area contributed by atoms with Crippen LogP contribution in [0.4, 0.5) is 11.4 Å². The lowest BCUT2D eigenvalue weighted by atomic mass is 10.3. The number of hydrogen-bond acceptors (Lipinski definition) is 1. The smallest absolute Gasteiger partial charge is 0.0645 e. The number of hydrogen-bond donors (Lipinski definition) is 1. The van der Waals surface area contributed by atoms with Gasteiger partial charge in [0.05, 0.1) is 11.0 Å². The van der Waals surface area contributed by atoms with Crippen molar-refractivity contribution in [1.29, 1.82) is 0 Å². The van der Waals surface area contributed by atoms with Crippen LogP contribution in [-0.4, -0.2) is 0 Å². The molecule has 0 bridgehead atoms. The molecular weight excluding hydrogens is 158 g/mol. The van der Waals surface area contributed by atoms with Gasteiger partial charge in [-0.25, -0.2) is 0 Å². The van der Waals surface area contributed by atoms with Crippen molar-refractivity contribution < 1.29 is 11.0 Å². The van der Waals surface area contributed by atoms with Crippen LogP contribution in [0.1, 0.15) is 11.0 Å². The maximum Gasteiger partial charge on any atom is 0.0645 e. The minimum absolute atomic E-state index is 0.0473. The van der Waals surface area contributed by atoms with Crippen molar-refractivity contribution in [1.82, 2.24) is 0 Å². The lowest BCUT2D eigenvalue weighted by molar-refractivity contribution is 1.55. The Kier molecular flexibility index (Phi) is 0.833. The summed E-state index contributed by atoms with van der Waals surface area (Å²) in [5.41, 5.74) is 0.0945. The molecule has 0 saturated carbocycles. The summed E-state index contributed by atoms with van der Waals surface area (Å²) in [6.07, 6.45) is 0. The predicted molar refractivity (Wildman–Crippen MR) is 56.2 cm³/mol. The van der Waals surface area contributed by atoms with Crippen molar-refractivity contribution in [3.63, 3.8) is 0 Å². The van der Waals surface area contributed by atoms with E-state index in [2.05, 4.69) is 5.32 Å². The van der Waals surface area contributed by atoms with Gasteiger partial charge in [0.2, 0.25) is 0 Å². The van der Waals surface area contributed by atoms with Crippen LogP contribution < -0.4 is 5.32 Å². The quantitative estimate of drug-likeness (QED) is 0.741. The first-order valence-electron chi connectivity index (χ1n) is 7.65. The molecule has 64 valence electrons. The third kappa shape index (κ3) is 2.09. The largest absolute Gasteiger partial charge is 0.356 e. The highest BCUT2D eigenvalue weighted by Gasteiger charge is 1.89. The summed E-state index contributed by atoms with van der Waals surface area (Å²) >= 11 is 0. The molecule has 0 radical (unpaired) electrons. The van der Waals surface area contributed by atoms with Gasteiger partial charge in [-0.15, -0.1) is 0 Å². The molecule has 0 saturated heterocycles. The van der Waals surface area contributed by atoms with Crippen LogP contribution in [-0.2, 0) is 0 Å². The normalized spacial score (nSPS) is 18.2. The molecule has 13 heavy (non-hydrogen) atoms. The molecule has 2 aromatic rings. The second-order valence-electron chi connectivity index (χ2n) is 2.28. The zero-order chi connectivity index (χ0) is 15.9. The molecule has 0 aliphatic carbocycles. The van der Waals surface area contributed by atoms with Crippen LogP contribution >= 0.6 is 0 Å². The molecule has 1 heteroatoms. The molecule has 0 aliphatic heterocycles. The van der Waals surface area contributed by atoms with E-state index in [1.165, 1.54) is 12.1 Å². The highest BCUT2D eigenvalue weighted by atomic mass is 14.9. The molecule has 2 aromatic carbocycles. The third-order valence-corrected chi connectivity index (χ3v) is 1.37. The first kappa shape index (κ1) is 2.88. The Morgan fingerprint density at radius 2 is 1.31 bits per heavy atom. The molecule has 0 fully saturated rings. The van der Waals surface area contributed by atoms with Gasteiger partial charge in [0.15, 0.2) is 0 Å². The number of nitrogens with one attached hydrogen (secondary N) is 1. The zero-order valence-corrected chi connectivity index (χ0v) is 6.65. The standard InChI is InChI=1S/C12H11N/c1-3-7-11(8-4-1)13-12-9-5-2-6-10-12/h1-10,13H/i1D,2D,3D,4D,5D,6D,7D,9D. The molecule has 1 N–H and O–H groups in total. The van der Waals surface area contributed by atoms with Crippen molar-refractivity contribution >= 4 is 11.4 Å². The monoisotopic (exact) mass is 177 g/mol. The van der Waals surface area contributed by atoms with E-state index in [-0.39, 0.29) is 47.6 Å². The second kappa shape index (κ2) is 3.76. The maximum atomic E-state index is 7.76. The maximum absolute atomic E-state index is 7.76. The lowest BCUT2D eigenvalue weighted by Gasteiger charge is -2.04. The number of anilines is 2. The molecule has 0 unspecified atom stereocenters. The van der Waals surface area contributed by atoms with Crippen molar-refractivity contribution in [2.24, 2.45) is 0 Å². The van der Waals surface area contributed by atoms with Crippen LogP contribution in [0.3, 0.4) is 0 Å². The minimum Gasteiger partial charge on any atom is -0.356 e. The van der Waals surface area contributed by atoms with Gasteiger partial charge in [-0.3, -0.25) is 0 Å². The van der Waals surface area contributed by atoms with Gasteiger partial charge < -0.3 is 5.32 Å². The minimum atomic E-state index is -0.411. The van der Waals surface area contributed by atoms with Crippen LogP contribution in [0.5, 0.6) is 0 Å². The summed E-state index contributed by atoms with van der Waals surface area (Å²) in [7, 11) is 0. The Bertz CT molecular complexity index is 667. The molecule has 0 amide bonds. The fourth-order valence-electron chi connectivity index (χ4n) is 0.838. The predicted octanol–water partition coefficient (Wildman–Crippen LogP) is 3.43. The number of rotatable bonds is 2. The third-order valence-electron chi connectivity index (χ3n) is 1.37. The van der Waals surface area contributed by atoms with Gasteiger partial charge in [-0.2, -0.15) is 0 Å². The summed E-state index contributed by atoms with van der Waals surface area (Å²) in [5.74, 6) is 0. The Balaban J connectivity index is 2.54. The van der Waals surface area contributed by atoms with E-state index < -0.39 is 12.1 Å².